The number of piperidine rings is 1. The molecular weight excluding hydrogens is 336 g/mol. The lowest BCUT2D eigenvalue weighted by molar-refractivity contribution is 0.0395. The van der Waals surface area contributed by atoms with Crippen LogP contribution in [-0.2, 0) is 4.74 Å². The first-order valence-electron chi connectivity index (χ1n) is 8.98. The zero-order chi connectivity index (χ0) is 17.1. The van der Waals surface area contributed by atoms with E-state index in [4.69, 9.17) is 16.3 Å². The maximum atomic E-state index is 5.99. The molecule has 2 fully saturated rings. The van der Waals surface area contributed by atoms with Gasteiger partial charge in [0.2, 0.25) is 0 Å². The molecule has 0 spiro atoms. The monoisotopic (exact) mass is 358 g/mol. The highest BCUT2D eigenvalue weighted by molar-refractivity contribution is 6.30. The molecule has 2 aliphatic heterocycles. The van der Waals surface area contributed by atoms with Gasteiger partial charge in [-0.25, -0.2) is 9.97 Å². The summed E-state index contributed by atoms with van der Waals surface area (Å²) in [5.41, 5.74) is 1.15. The van der Waals surface area contributed by atoms with Crippen LogP contribution in [0.25, 0.3) is 0 Å². The van der Waals surface area contributed by atoms with E-state index < -0.39 is 0 Å². The van der Waals surface area contributed by atoms with Crippen LogP contribution >= 0.6 is 11.6 Å². The molecule has 1 aromatic heterocycles. The third-order valence-corrected chi connectivity index (χ3v) is 5.20. The molecule has 4 rings (SSSR count). The minimum atomic E-state index is 0.0411. The van der Waals surface area contributed by atoms with E-state index in [0.29, 0.717) is 6.61 Å². The summed E-state index contributed by atoms with van der Waals surface area (Å²) in [5.74, 6) is 2.03. The maximum absolute atomic E-state index is 5.99. The van der Waals surface area contributed by atoms with Crippen molar-refractivity contribution in [2.75, 3.05) is 42.6 Å². The standard InChI is InChI=1S/C19H23ClN4O/c20-16-6-4-15(5-7-16)17-13-24(10-11-25-17)19-12-18(21-14-22-19)23-8-2-1-3-9-23/h4-7,12,14,17H,1-3,8-11,13H2. The summed E-state index contributed by atoms with van der Waals surface area (Å²) in [7, 11) is 0. The highest BCUT2D eigenvalue weighted by Crippen LogP contribution is 2.27. The van der Waals surface area contributed by atoms with Crippen molar-refractivity contribution in [3.8, 4) is 0 Å². The van der Waals surface area contributed by atoms with Gasteiger partial charge in [-0.2, -0.15) is 0 Å². The minimum Gasteiger partial charge on any atom is -0.370 e. The summed E-state index contributed by atoms with van der Waals surface area (Å²) in [4.78, 5) is 13.7. The number of halogens is 1. The summed E-state index contributed by atoms with van der Waals surface area (Å²) in [6.07, 6.45) is 5.54. The Morgan fingerprint density at radius 1 is 0.920 bits per heavy atom. The summed E-state index contributed by atoms with van der Waals surface area (Å²) >= 11 is 5.99. The molecule has 2 aromatic rings. The van der Waals surface area contributed by atoms with Crippen LogP contribution in [0.2, 0.25) is 5.02 Å². The second kappa shape index (κ2) is 7.58. The minimum absolute atomic E-state index is 0.0411. The van der Waals surface area contributed by atoms with Gasteiger partial charge in [-0.15, -0.1) is 0 Å². The van der Waals surface area contributed by atoms with Crippen LogP contribution in [0.5, 0.6) is 0 Å². The topological polar surface area (TPSA) is 41.5 Å². The molecular formula is C19H23ClN4O. The third kappa shape index (κ3) is 3.88. The Labute approximate surface area is 153 Å². The largest absolute Gasteiger partial charge is 0.370 e. The maximum Gasteiger partial charge on any atom is 0.134 e. The average molecular weight is 359 g/mol. The van der Waals surface area contributed by atoms with Crippen LogP contribution in [0, 0.1) is 0 Å². The highest BCUT2D eigenvalue weighted by atomic mass is 35.5. The van der Waals surface area contributed by atoms with Crippen molar-refractivity contribution >= 4 is 23.2 Å². The van der Waals surface area contributed by atoms with Gasteiger partial charge in [0.05, 0.1) is 6.61 Å². The van der Waals surface area contributed by atoms with Gasteiger partial charge in [0.15, 0.2) is 0 Å². The lowest BCUT2D eigenvalue weighted by Crippen LogP contribution is -2.39. The van der Waals surface area contributed by atoms with Crippen molar-refractivity contribution in [3.63, 3.8) is 0 Å². The van der Waals surface area contributed by atoms with Gasteiger partial charge in [0, 0.05) is 37.3 Å². The fourth-order valence-corrected chi connectivity index (χ4v) is 3.67. The molecule has 6 heteroatoms. The molecule has 3 heterocycles. The summed E-state index contributed by atoms with van der Waals surface area (Å²) < 4.78 is 5.96. The van der Waals surface area contributed by atoms with E-state index in [1.54, 1.807) is 6.33 Å². The van der Waals surface area contributed by atoms with Gasteiger partial charge >= 0.3 is 0 Å². The summed E-state index contributed by atoms with van der Waals surface area (Å²) in [6, 6.07) is 10.0. The van der Waals surface area contributed by atoms with Crippen LogP contribution < -0.4 is 9.80 Å². The van der Waals surface area contributed by atoms with Gasteiger partial charge in [-0.05, 0) is 37.0 Å². The molecule has 0 amide bonds. The molecule has 25 heavy (non-hydrogen) atoms. The molecule has 0 radical (unpaired) electrons. The van der Waals surface area contributed by atoms with Crippen molar-refractivity contribution < 1.29 is 4.74 Å². The van der Waals surface area contributed by atoms with E-state index in [2.05, 4.69) is 25.8 Å². The normalized spacial score (nSPS) is 21.4. The SMILES string of the molecule is Clc1ccc(C2CN(c3cc(N4CCCCC4)ncn3)CCO2)cc1. The van der Waals surface area contributed by atoms with Gasteiger partial charge in [0.1, 0.15) is 24.1 Å². The first kappa shape index (κ1) is 16.6. The van der Waals surface area contributed by atoms with Gasteiger partial charge in [0.25, 0.3) is 0 Å². The summed E-state index contributed by atoms with van der Waals surface area (Å²) in [6.45, 7) is 4.51. The summed E-state index contributed by atoms with van der Waals surface area (Å²) in [5, 5.41) is 0.749. The Bertz CT molecular complexity index is 703. The zero-order valence-electron chi connectivity index (χ0n) is 14.3. The van der Waals surface area contributed by atoms with E-state index in [1.165, 1.54) is 19.3 Å². The second-order valence-electron chi connectivity index (χ2n) is 6.64. The molecule has 1 aromatic carbocycles. The fourth-order valence-electron chi connectivity index (χ4n) is 3.54. The van der Waals surface area contributed by atoms with E-state index in [0.717, 1.165) is 48.4 Å². The zero-order valence-corrected chi connectivity index (χ0v) is 15.0. The Kier molecular flexibility index (Phi) is 5.04. The quantitative estimate of drug-likeness (QED) is 0.836. The van der Waals surface area contributed by atoms with Crippen molar-refractivity contribution in [1.29, 1.82) is 0 Å². The van der Waals surface area contributed by atoms with Crippen LogP contribution in [0.1, 0.15) is 30.9 Å². The number of morpholine rings is 1. The number of nitrogens with zero attached hydrogens (tertiary/aromatic N) is 4. The van der Waals surface area contributed by atoms with E-state index >= 15 is 0 Å². The van der Waals surface area contributed by atoms with Crippen molar-refractivity contribution in [2.45, 2.75) is 25.4 Å². The first-order chi connectivity index (χ1) is 12.3. The number of hydrogen-bond donors (Lipinski definition) is 0. The smallest absolute Gasteiger partial charge is 0.134 e. The Balaban J connectivity index is 1.50. The van der Waals surface area contributed by atoms with E-state index in [1.807, 2.05) is 24.3 Å². The predicted molar refractivity (Wildman–Crippen MR) is 100 cm³/mol. The molecule has 132 valence electrons. The van der Waals surface area contributed by atoms with Crippen molar-refractivity contribution in [1.82, 2.24) is 9.97 Å². The Morgan fingerprint density at radius 3 is 2.40 bits per heavy atom. The fraction of sp³-hybridized carbons (Fsp3) is 0.474. The van der Waals surface area contributed by atoms with Crippen LogP contribution in [0.3, 0.4) is 0 Å². The molecule has 0 bridgehead atoms. The van der Waals surface area contributed by atoms with Crippen molar-refractivity contribution in [3.05, 3.63) is 47.2 Å². The van der Waals surface area contributed by atoms with E-state index in [-0.39, 0.29) is 6.10 Å². The molecule has 0 N–H and O–H groups in total. The van der Waals surface area contributed by atoms with Crippen LogP contribution in [0.4, 0.5) is 11.6 Å². The molecule has 1 atom stereocenters. The lowest BCUT2D eigenvalue weighted by Gasteiger charge is -2.34. The molecule has 0 saturated carbocycles. The molecule has 1 unspecified atom stereocenters. The average Bonchev–Trinajstić information content (AvgIpc) is 2.69. The molecule has 2 aliphatic rings. The van der Waals surface area contributed by atoms with E-state index in [9.17, 15) is 0 Å². The molecule has 5 nitrogen and oxygen atoms in total. The van der Waals surface area contributed by atoms with Crippen LogP contribution in [-0.4, -0.2) is 42.8 Å². The molecule has 0 aliphatic carbocycles. The number of anilines is 2. The first-order valence-corrected chi connectivity index (χ1v) is 9.36. The Morgan fingerprint density at radius 2 is 1.64 bits per heavy atom. The second-order valence-corrected chi connectivity index (χ2v) is 7.08. The predicted octanol–water partition coefficient (Wildman–Crippen LogP) is 3.70. The lowest BCUT2D eigenvalue weighted by atomic mass is 10.1. The van der Waals surface area contributed by atoms with Gasteiger partial charge < -0.3 is 14.5 Å². The van der Waals surface area contributed by atoms with Crippen LogP contribution in [0.15, 0.2) is 36.7 Å². The Hall–Kier alpha value is -1.85. The number of hydrogen-bond acceptors (Lipinski definition) is 5. The number of aromatic nitrogens is 2. The number of ether oxygens (including phenoxy) is 1. The number of benzene rings is 1. The third-order valence-electron chi connectivity index (χ3n) is 4.95. The van der Waals surface area contributed by atoms with Gasteiger partial charge in [-0.3, -0.25) is 0 Å². The molecule has 2 saturated heterocycles. The number of rotatable bonds is 3. The highest BCUT2D eigenvalue weighted by Gasteiger charge is 2.24. The van der Waals surface area contributed by atoms with Crippen molar-refractivity contribution in [2.24, 2.45) is 0 Å². The van der Waals surface area contributed by atoms with Gasteiger partial charge in [-0.1, -0.05) is 23.7 Å².